The third-order valence-corrected chi connectivity index (χ3v) is 3.83. The number of benzene rings is 1. The molecule has 1 saturated carbocycles. The molecule has 3 N–H and O–H groups in total. The maximum absolute atomic E-state index is 9.46. The van der Waals surface area contributed by atoms with E-state index >= 15 is 0 Å². The van der Waals surface area contributed by atoms with Gasteiger partial charge in [0.05, 0.1) is 6.10 Å². The summed E-state index contributed by atoms with van der Waals surface area (Å²) >= 11 is 0. The summed E-state index contributed by atoms with van der Waals surface area (Å²) < 4.78 is 0. The van der Waals surface area contributed by atoms with Gasteiger partial charge in [0.2, 0.25) is 0 Å². The molecule has 0 heterocycles. The Morgan fingerprint density at radius 2 is 1.88 bits per heavy atom. The molecule has 16 heavy (non-hydrogen) atoms. The summed E-state index contributed by atoms with van der Waals surface area (Å²) in [6, 6.07) is 8.71. The highest BCUT2D eigenvalue weighted by atomic mass is 16.3. The second-order valence-corrected chi connectivity index (χ2v) is 5.32. The Bertz CT molecular complexity index is 350. The molecule has 2 heteroatoms. The molecule has 0 unspecified atom stereocenters. The van der Waals surface area contributed by atoms with E-state index in [0.29, 0.717) is 12.5 Å². The van der Waals surface area contributed by atoms with Crippen molar-refractivity contribution in [3.05, 3.63) is 35.4 Å². The molecule has 1 aromatic rings. The van der Waals surface area contributed by atoms with Crippen LogP contribution in [0.2, 0.25) is 0 Å². The van der Waals surface area contributed by atoms with Crippen molar-refractivity contribution in [3.8, 4) is 0 Å². The van der Waals surface area contributed by atoms with Crippen LogP contribution in [0.25, 0.3) is 0 Å². The van der Waals surface area contributed by atoms with Crippen molar-refractivity contribution >= 4 is 0 Å². The summed E-state index contributed by atoms with van der Waals surface area (Å²) in [5, 5.41) is 9.46. The summed E-state index contributed by atoms with van der Waals surface area (Å²) in [5.41, 5.74) is 8.53. The second kappa shape index (κ2) is 4.19. The van der Waals surface area contributed by atoms with E-state index in [1.807, 2.05) is 0 Å². The van der Waals surface area contributed by atoms with E-state index in [4.69, 9.17) is 5.73 Å². The Labute approximate surface area is 97.5 Å². The lowest BCUT2D eigenvalue weighted by Crippen LogP contribution is -2.49. The molecule has 0 radical (unpaired) electrons. The zero-order valence-corrected chi connectivity index (χ0v) is 10.1. The lowest BCUT2D eigenvalue weighted by Gasteiger charge is -2.45. The van der Waals surface area contributed by atoms with Crippen LogP contribution in [0.3, 0.4) is 0 Å². The predicted molar refractivity (Wildman–Crippen MR) is 66.5 cm³/mol. The number of hydrogen-bond donors (Lipinski definition) is 2. The lowest BCUT2D eigenvalue weighted by atomic mass is 9.62. The summed E-state index contributed by atoms with van der Waals surface area (Å²) in [4.78, 5) is 0. The molecule has 2 nitrogen and oxygen atoms in total. The van der Waals surface area contributed by atoms with Crippen molar-refractivity contribution in [1.29, 1.82) is 0 Å². The predicted octanol–water partition coefficient (Wildman–Crippen LogP) is 2.16. The average molecular weight is 219 g/mol. The molecule has 0 saturated heterocycles. The Balaban J connectivity index is 2.21. The molecular weight excluding hydrogens is 198 g/mol. The zero-order valence-electron chi connectivity index (χ0n) is 10.1. The number of aliphatic hydroxyl groups excluding tert-OH is 1. The van der Waals surface area contributed by atoms with Gasteiger partial charge in [-0.3, -0.25) is 0 Å². The maximum atomic E-state index is 9.46. The number of hydrogen-bond acceptors (Lipinski definition) is 2. The van der Waals surface area contributed by atoms with Crippen molar-refractivity contribution < 1.29 is 5.11 Å². The smallest absolute Gasteiger partial charge is 0.0558 e. The Kier molecular flexibility index (Phi) is 3.04. The Hall–Kier alpha value is -0.860. The summed E-state index contributed by atoms with van der Waals surface area (Å²) in [5.74, 6) is 0.565. The fourth-order valence-corrected chi connectivity index (χ4v) is 2.58. The maximum Gasteiger partial charge on any atom is 0.0558 e. The van der Waals surface area contributed by atoms with E-state index in [-0.39, 0.29) is 11.5 Å². The van der Waals surface area contributed by atoms with Gasteiger partial charge in [-0.05, 0) is 29.9 Å². The van der Waals surface area contributed by atoms with Gasteiger partial charge in [0.15, 0.2) is 0 Å². The van der Waals surface area contributed by atoms with Crippen molar-refractivity contribution in [2.45, 2.75) is 44.1 Å². The van der Waals surface area contributed by atoms with Crippen molar-refractivity contribution in [2.75, 3.05) is 6.54 Å². The van der Waals surface area contributed by atoms with Crippen LogP contribution in [-0.4, -0.2) is 17.8 Å². The third kappa shape index (κ3) is 1.87. The van der Waals surface area contributed by atoms with E-state index in [2.05, 4.69) is 38.1 Å². The molecule has 1 aliphatic rings. The highest BCUT2D eigenvalue weighted by Gasteiger charge is 2.43. The molecule has 0 bridgehead atoms. The molecular formula is C14H21NO. The van der Waals surface area contributed by atoms with Crippen LogP contribution < -0.4 is 5.73 Å². The van der Waals surface area contributed by atoms with Crippen LogP contribution in [-0.2, 0) is 5.41 Å². The first-order valence-corrected chi connectivity index (χ1v) is 6.06. The molecule has 0 spiro atoms. The molecule has 1 aliphatic carbocycles. The van der Waals surface area contributed by atoms with Crippen LogP contribution in [0.1, 0.15) is 43.7 Å². The van der Waals surface area contributed by atoms with Crippen molar-refractivity contribution in [1.82, 2.24) is 0 Å². The van der Waals surface area contributed by atoms with E-state index in [1.165, 1.54) is 11.1 Å². The Morgan fingerprint density at radius 3 is 2.25 bits per heavy atom. The number of rotatable bonds is 3. The van der Waals surface area contributed by atoms with Gasteiger partial charge in [0.25, 0.3) is 0 Å². The van der Waals surface area contributed by atoms with E-state index in [0.717, 1.165) is 12.8 Å². The largest absolute Gasteiger partial charge is 0.393 e. The van der Waals surface area contributed by atoms with Gasteiger partial charge >= 0.3 is 0 Å². The molecule has 0 amide bonds. The minimum absolute atomic E-state index is 0.0366. The normalized spacial score (nSPS) is 29.2. The minimum atomic E-state index is -0.159. The number of nitrogens with two attached hydrogens (primary N) is 1. The van der Waals surface area contributed by atoms with Gasteiger partial charge in [0.1, 0.15) is 0 Å². The first-order chi connectivity index (χ1) is 7.57. The van der Waals surface area contributed by atoms with Crippen molar-refractivity contribution in [2.24, 2.45) is 5.73 Å². The van der Waals surface area contributed by atoms with Gasteiger partial charge in [-0.25, -0.2) is 0 Å². The molecule has 1 aromatic carbocycles. The first kappa shape index (κ1) is 11.6. The van der Waals surface area contributed by atoms with Crippen molar-refractivity contribution in [3.63, 3.8) is 0 Å². The topological polar surface area (TPSA) is 46.2 Å². The summed E-state index contributed by atoms with van der Waals surface area (Å²) in [6.07, 6.45) is 1.46. The van der Waals surface area contributed by atoms with Gasteiger partial charge in [-0.1, -0.05) is 38.1 Å². The monoisotopic (exact) mass is 219 g/mol. The molecule has 0 aromatic heterocycles. The van der Waals surface area contributed by atoms with Gasteiger partial charge < -0.3 is 10.8 Å². The second-order valence-electron chi connectivity index (χ2n) is 5.32. The number of aliphatic hydroxyl groups is 1. The highest BCUT2D eigenvalue weighted by molar-refractivity contribution is 5.33. The van der Waals surface area contributed by atoms with Crippen LogP contribution in [0.4, 0.5) is 0 Å². The fourth-order valence-electron chi connectivity index (χ4n) is 2.58. The van der Waals surface area contributed by atoms with Crippen LogP contribution >= 0.6 is 0 Å². The third-order valence-electron chi connectivity index (χ3n) is 3.83. The van der Waals surface area contributed by atoms with Crippen LogP contribution in [0, 0.1) is 0 Å². The SMILES string of the molecule is CC(C)c1ccc(C2(CN)CC(O)C2)cc1. The van der Waals surface area contributed by atoms with Crippen LogP contribution in [0.15, 0.2) is 24.3 Å². The lowest BCUT2D eigenvalue weighted by molar-refractivity contribution is 0.0221. The molecule has 2 rings (SSSR count). The van der Waals surface area contributed by atoms with Gasteiger partial charge in [-0.2, -0.15) is 0 Å². The van der Waals surface area contributed by atoms with Gasteiger partial charge in [0, 0.05) is 12.0 Å². The van der Waals surface area contributed by atoms with Gasteiger partial charge in [-0.15, -0.1) is 0 Å². The molecule has 88 valence electrons. The van der Waals surface area contributed by atoms with E-state index < -0.39 is 0 Å². The first-order valence-electron chi connectivity index (χ1n) is 6.06. The fraction of sp³-hybridized carbons (Fsp3) is 0.571. The van der Waals surface area contributed by atoms with E-state index in [9.17, 15) is 5.11 Å². The molecule has 1 fully saturated rings. The average Bonchev–Trinajstić information content (AvgIpc) is 2.24. The van der Waals surface area contributed by atoms with E-state index in [1.54, 1.807) is 0 Å². The summed E-state index contributed by atoms with van der Waals surface area (Å²) in [6.45, 7) is 5.02. The standard InChI is InChI=1S/C14H21NO/c1-10(2)11-3-5-12(6-4-11)14(9-15)7-13(16)8-14/h3-6,10,13,16H,7-9,15H2,1-2H3. The summed E-state index contributed by atoms with van der Waals surface area (Å²) in [7, 11) is 0. The van der Waals surface area contributed by atoms with Crippen LogP contribution in [0.5, 0.6) is 0 Å². The molecule has 0 atom stereocenters. The zero-order chi connectivity index (χ0) is 11.8. The Morgan fingerprint density at radius 1 is 1.31 bits per heavy atom. The minimum Gasteiger partial charge on any atom is -0.393 e. The highest BCUT2D eigenvalue weighted by Crippen LogP contribution is 2.43. The molecule has 0 aliphatic heterocycles. The quantitative estimate of drug-likeness (QED) is 0.818.